The molecule has 4 aromatic rings. The van der Waals surface area contributed by atoms with Gasteiger partial charge in [-0.25, -0.2) is 13.8 Å². The second-order valence-corrected chi connectivity index (χ2v) is 9.42. The number of aliphatic hydroxyl groups excluding tert-OH is 1. The average molecular weight is 503 g/mol. The van der Waals surface area contributed by atoms with Crippen molar-refractivity contribution < 1.29 is 23.5 Å². The quantitative estimate of drug-likeness (QED) is 0.317. The first-order valence-corrected chi connectivity index (χ1v) is 11.9. The Morgan fingerprint density at radius 1 is 0.972 bits per heavy atom. The lowest BCUT2D eigenvalue weighted by molar-refractivity contribution is -0.117. The van der Waals surface area contributed by atoms with Gasteiger partial charge in [0.25, 0.3) is 5.91 Å². The van der Waals surface area contributed by atoms with Crippen molar-refractivity contribution in [3.63, 3.8) is 0 Å². The van der Waals surface area contributed by atoms with E-state index in [9.17, 15) is 23.5 Å². The van der Waals surface area contributed by atoms with Crippen LogP contribution in [0, 0.1) is 25.5 Å². The number of hydrogen-bond acceptors (Lipinski definition) is 5. The van der Waals surface area contributed by atoms with Crippen molar-refractivity contribution in [2.75, 3.05) is 4.90 Å². The third-order valence-corrected chi connectivity index (χ3v) is 7.35. The number of anilines is 1. The summed E-state index contributed by atoms with van der Waals surface area (Å²) in [5, 5.41) is 11.6. The number of ketones is 1. The number of halogens is 2. The minimum Gasteiger partial charge on any atom is -0.503 e. The van der Waals surface area contributed by atoms with Gasteiger partial charge >= 0.3 is 0 Å². The fraction of sp³-hybridized carbons (Fsp3) is 0.107. The van der Waals surface area contributed by atoms with E-state index >= 15 is 0 Å². The molecule has 0 spiro atoms. The number of aryl methyl sites for hydroxylation is 2. The lowest BCUT2D eigenvalue weighted by Gasteiger charge is -2.28. The number of rotatable bonds is 5. The van der Waals surface area contributed by atoms with Crippen LogP contribution >= 0.6 is 11.3 Å². The van der Waals surface area contributed by atoms with Gasteiger partial charge in [0.15, 0.2) is 17.4 Å². The number of aromatic nitrogens is 1. The highest BCUT2D eigenvalue weighted by Gasteiger charge is 2.46. The van der Waals surface area contributed by atoms with Crippen LogP contribution in [0.1, 0.15) is 32.5 Å². The first-order valence-electron chi connectivity index (χ1n) is 11.1. The van der Waals surface area contributed by atoms with E-state index in [1.807, 2.05) is 49.4 Å². The van der Waals surface area contributed by atoms with E-state index in [4.69, 9.17) is 0 Å². The molecule has 2 heterocycles. The van der Waals surface area contributed by atoms with Crippen LogP contribution in [0.4, 0.5) is 14.5 Å². The number of thiazole rings is 1. The largest absolute Gasteiger partial charge is 0.503 e. The first-order chi connectivity index (χ1) is 17.3. The summed E-state index contributed by atoms with van der Waals surface area (Å²) in [4.78, 5) is 33.1. The highest BCUT2D eigenvalue weighted by atomic mass is 32.1. The molecule has 5 nitrogen and oxygen atoms in total. The predicted molar refractivity (Wildman–Crippen MR) is 134 cm³/mol. The van der Waals surface area contributed by atoms with E-state index in [1.54, 1.807) is 19.1 Å². The number of nitrogens with zero attached hydrogens (tertiary/aromatic N) is 2. The summed E-state index contributed by atoms with van der Waals surface area (Å²) in [6.07, 6.45) is 0. The number of carbonyl (C=O) groups is 2. The van der Waals surface area contributed by atoms with Gasteiger partial charge in [-0.1, -0.05) is 54.6 Å². The van der Waals surface area contributed by atoms with Crippen LogP contribution in [0.5, 0.6) is 0 Å². The molecular formula is C28H20F2N2O3S. The highest BCUT2D eigenvalue weighted by molar-refractivity contribution is 7.17. The SMILES string of the molecule is Cc1ccccc1C1C(C(=O)c2sc(-c3ccccc3)nc2C)=C(O)C(=O)N1c1ccc(F)c(F)c1. The first kappa shape index (κ1) is 23.6. The minimum absolute atomic E-state index is 0.0208. The molecule has 5 rings (SSSR count). The zero-order chi connectivity index (χ0) is 25.6. The fourth-order valence-electron chi connectivity index (χ4n) is 4.36. The molecule has 1 aromatic heterocycles. The molecule has 1 unspecified atom stereocenters. The van der Waals surface area contributed by atoms with Gasteiger partial charge in [-0.2, -0.15) is 0 Å². The zero-order valence-corrected chi connectivity index (χ0v) is 20.1. The molecule has 1 aliphatic rings. The van der Waals surface area contributed by atoms with Gasteiger partial charge in [-0.15, -0.1) is 11.3 Å². The predicted octanol–water partition coefficient (Wildman–Crippen LogP) is 6.49. The Morgan fingerprint density at radius 2 is 1.67 bits per heavy atom. The number of benzene rings is 3. The van der Waals surface area contributed by atoms with Gasteiger partial charge in [0.1, 0.15) is 5.01 Å². The van der Waals surface area contributed by atoms with E-state index in [0.29, 0.717) is 16.3 Å². The number of carbonyl (C=O) groups excluding carboxylic acids is 2. The number of Topliss-reactive ketones (excluding diaryl/α,β-unsaturated/α-hetero) is 1. The summed E-state index contributed by atoms with van der Waals surface area (Å²) >= 11 is 1.17. The van der Waals surface area contributed by atoms with Crippen molar-refractivity contribution in [3.8, 4) is 10.6 Å². The molecule has 8 heteroatoms. The standard InChI is InChI=1S/C28H20F2N2O3S/c1-15-8-6-7-11-19(15)23-22(25(34)28(35)32(23)18-12-13-20(29)21(30)14-18)24(33)26-16(2)31-27(36-26)17-9-4-3-5-10-17/h3-14,23,34H,1-2H3. The third-order valence-electron chi connectivity index (χ3n) is 6.14. The van der Waals surface area contributed by atoms with Gasteiger partial charge in [0, 0.05) is 17.3 Å². The number of amides is 1. The van der Waals surface area contributed by atoms with Gasteiger partial charge in [-0.05, 0) is 37.1 Å². The van der Waals surface area contributed by atoms with Crippen molar-refractivity contribution in [1.82, 2.24) is 4.98 Å². The normalized spacial score (nSPS) is 15.6. The summed E-state index contributed by atoms with van der Waals surface area (Å²) in [6.45, 7) is 3.51. The molecule has 1 amide bonds. The van der Waals surface area contributed by atoms with Crippen LogP contribution in [-0.2, 0) is 4.79 Å². The van der Waals surface area contributed by atoms with Crippen LogP contribution in [-0.4, -0.2) is 21.8 Å². The maximum Gasteiger partial charge on any atom is 0.294 e. The Kier molecular flexibility index (Phi) is 5.97. The third kappa shape index (κ3) is 3.89. The molecule has 180 valence electrons. The van der Waals surface area contributed by atoms with E-state index in [2.05, 4.69) is 4.98 Å². The summed E-state index contributed by atoms with van der Waals surface area (Å²) in [5.74, 6) is -4.36. The maximum atomic E-state index is 14.1. The maximum absolute atomic E-state index is 14.1. The number of aliphatic hydroxyl groups is 1. The average Bonchev–Trinajstić information content (AvgIpc) is 3.39. The second kappa shape index (κ2) is 9.13. The zero-order valence-electron chi connectivity index (χ0n) is 19.3. The molecule has 0 saturated carbocycles. The Labute approximate surface area is 210 Å². The molecule has 36 heavy (non-hydrogen) atoms. The van der Waals surface area contributed by atoms with Crippen molar-refractivity contribution in [3.05, 3.63) is 117 Å². The molecule has 3 aromatic carbocycles. The lowest BCUT2D eigenvalue weighted by atomic mass is 9.92. The summed E-state index contributed by atoms with van der Waals surface area (Å²) in [7, 11) is 0. The van der Waals surface area contributed by atoms with E-state index in [1.165, 1.54) is 17.4 Å². The molecule has 1 N–H and O–H groups in total. The van der Waals surface area contributed by atoms with Crippen LogP contribution in [0.3, 0.4) is 0 Å². The highest BCUT2D eigenvalue weighted by Crippen LogP contribution is 2.44. The van der Waals surface area contributed by atoms with Crippen molar-refractivity contribution >= 4 is 28.7 Å². The van der Waals surface area contributed by atoms with Crippen molar-refractivity contribution in [2.24, 2.45) is 0 Å². The number of hydrogen-bond donors (Lipinski definition) is 1. The monoisotopic (exact) mass is 502 g/mol. The van der Waals surface area contributed by atoms with E-state index < -0.39 is 35.1 Å². The van der Waals surface area contributed by atoms with Crippen molar-refractivity contribution in [2.45, 2.75) is 19.9 Å². The Balaban J connectivity index is 1.66. The van der Waals surface area contributed by atoms with Crippen LogP contribution in [0.2, 0.25) is 0 Å². The summed E-state index contributed by atoms with van der Waals surface area (Å²) < 4.78 is 27.8. The van der Waals surface area contributed by atoms with Gasteiger partial charge in [0.2, 0.25) is 5.78 Å². The topological polar surface area (TPSA) is 70.5 Å². The summed E-state index contributed by atoms with van der Waals surface area (Å²) in [5.41, 5.74) is 2.52. The van der Waals surface area contributed by atoms with Crippen LogP contribution < -0.4 is 4.90 Å². The minimum atomic E-state index is -1.14. The Bertz CT molecular complexity index is 1550. The molecule has 0 aliphatic carbocycles. The second-order valence-electron chi connectivity index (χ2n) is 8.42. The molecule has 1 aliphatic heterocycles. The smallest absolute Gasteiger partial charge is 0.294 e. The van der Waals surface area contributed by atoms with Crippen molar-refractivity contribution in [1.29, 1.82) is 0 Å². The Hall–Kier alpha value is -4.17. The van der Waals surface area contributed by atoms with Crippen LogP contribution in [0.25, 0.3) is 10.6 Å². The Morgan fingerprint density at radius 3 is 2.36 bits per heavy atom. The summed E-state index contributed by atoms with van der Waals surface area (Å²) in [6, 6.07) is 18.5. The molecule has 0 fully saturated rings. The fourth-order valence-corrected chi connectivity index (χ4v) is 5.39. The van der Waals surface area contributed by atoms with Crippen LogP contribution in [0.15, 0.2) is 84.1 Å². The van der Waals surface area contributed by atoms with E-state index in [0.717, 1.165) is 28.2 Å². The van der Waals surface area contributed by atoms with Gasteiger partial charge < -0.3 is 5.11 Å². The molecule has 1 atom stereocenters. The van der Waals surface area contributed by atoms with Gasteiger partial charge in [0.05, 0.1) is 22.2 Å². The van der Waals surface area contributed by atoms with E-state index in [-0.39, 0.29) is 16.1 Å². The van der Waals surface area contributed by atoms with Gasteiger partial charge in [-0.3, -0.25) is 14.5 Å². The lowest BCUT2D eigenvalue weighted by Crippen LogP contribution is -2.31. The molecule has 0 bridgehead atoms. The molecular weight excluding hydrogens is 482 g/mol. The molecule has 0 saturated heterocycles. The molecule has 0 radical (unpaired) electrons.